The second-order valence-corrected chi connectivity index (χ2v) is 5.17. The molecule has 78 valence electrons. The van der Waals surface area contributed by atoms with Gasteiger partial charge in [0, 0.05) is 16.4 Å². The smallest absolute Gasteiger partial charge is 0.252 e. The van der Waals surface area contributed by atoms with E-state index in [0.29, 0.717) is 0 Å². The summed E-state index contributed by atoms with van der Waals surface area (Å²) in [6, 6.07) is 1.90. The minimum absolute atomic E-state index is 0.182. The number of aromatic nitrogens is 1. The van der Waals surface area contributed by atoms with Crippen LogP contribution in [0, 0.1) is 6.92 Å². The van der Waals surface area contributed by atoms with Gasteiger partial charge in [0.1, 0.15) is 5.69 Å². The lowest BCUT2D eigenvalue weighted by Gasteiger charge is -2.03. The van der Waals surface area contributed by atoms with E-state index in [1.54, 1.807) is 0 Å². The summed E-state index contributed by atoms with van der Waals surface area (Å²) in [5, 5.41) is 0. The fourth-order valence-electron chi connectivity index (χ4n) is 0.914. The zero-order valence-corrected chi connectivity index (χ0v) is 8.61. The first-order valence-electron chi connectivity index (χ1n) is 3.52. The number of pyridine rings is 1. The number of alkyl halides is 2. The van der Waals surface area contributed by atoms with Crippen LogP contribution in [0.25, 0.3) is 0 Å². The minimum atomic E-state index is -3.98. The van der Waals surface area contributed by atoms with E-state index >= 15 is 0 Å². The molecule has 0 saturated heterocycles. The summed E-state index contributed by atoms with van der Waals surface area (Å²) in [5.74, 6) is 0. The van der Waals surface area contributed by atoms with Gasteiger partial charge in [0.25, 0.3) is 15.5 Å². The molecule has 7 heteroatoms. The zero-order chi connectivity index (χ0) is 10.9. The van der Waals surface area contributed by atoms with E-state index in [1.807, 2.05) is 0 Å². The van der Waals surface area contributed by atoms with E-state index in [1.165, 1.54) is 6.92 Å². The minimum Gasteiger partial charge on any atom is -0.252 e. The maximum absolute atomic E-state index is 12.2. The van der Waals surface area contributed by atoms with Crippen LogP contribution in [0.3, 0.4) is 0 Å². The molecule has 0 radical (unpaired) electrons. The topological polar surface area (TPSA) is 47.0 Å². The Hall–Kier alpha value is -0.750. The highest BCUT2D eigenvalue weighted by Gasteiger charge is 2.16. The summed E-state index contributed by atoms with van der Waals surface area (Å²) in [6.07, 6.45) is -2.81. The lowest BCUT2D eigenvalue weighted by molar-refractivity contribution is 0.145. The van der Waals surface area contributed by atoms with Gasteiger partial charge in [-0.2, -0.15) is 0 Å². The van der Waals surface area contributed by atoms with Crippen molar-refractivity contribution in [3.63, 3.8) is 0 Å². The van der Waals surface area contributed by atoms with Crippen LogP contribution >= 0.6 is 10.7 Å². The monoisotopic (exact) mass is 241 g/mol. The van der Waals surface area contributed by atoms with Gasteiger partial charge in [0.05, 0.1) is 4.90 Å². The molecule has 0 fully saturated rings. The van der Waals surface area contributed by atoms with Crippen LogP contribution in [-0.4, -0.2) is 13.4 Å². The van der Waals surface area contributed by atoms with Gasteiger partial charge >= 0.3 is 0 Å². The van der Waals surface area contributed by atoms with E-state index in [9.17, 15) is 17.2 Å². The Balaban J connectivity index is 3.35. The summed E-state index contributed by atoms with van der Waals surface area (Å²) in [6.45, 7) is 1.41. The van der Waals surface area contributed by atoms with Gasteiger partial charge in [-0.3, -0.25) is 4.98 Å². The molecule has 1 heterocycles. The van der Waals surface area contributed by atoms with Crippen molar-refractivity contribution in [2.45, 2.75) is 18.2 Å². The molecule has 0 unspecified atom stereocenters. The molecule has 1 aromatic rings. The Bertz CT molecular complexity index is 447. The van der Waals surface area contributed by atoms with Crippen LogP contribution in [0.4, 0.5) is 8.78 Å². The normalized spacial score (nSPS) is 12.1. The molecule has 0 aliphatic rings. The molecule has 0 aliphatic heterocycles. The average molecular weight is 242 g/mol. The molecule has 0 amide bonds. The van der Waals surface area contributed by atoms with Crippen LogP contribution in [-0.2, 0) is 9.05 Å². The van der Waals surface area contributed by atoms with Crippen molar-refractivity contribution in [2.75, 3.05) is 0 Å². The number of hydrogen-bond acceptors (Lipinski definition) is 3. The molecular weight excluding hydrogens is 236 g/mol. The molecule has 0 N–H and O–H groups in total. The van der Waals surface area contributed by atoms with E-state index in [0.717, 1.165) is 12.1 Å². The summed E-state index contributed by atoms with van der Waals surface area (Å²) < 4.78 is 46.1. The summed E-state index contributed by atoms with van der Waals surface area (Å²) >= 11 is 0. The van der Waals surface area contributed by atoms with Crippen molar-refractivity contribution < 1.29 is 17.2 Å². The van der Waals surface area contributed by atoms with Gasteiger partial charge in [-0.05, 0) is 19.1 Å². The maximum Gasteiger partial charge on any atom is 0.280 e. The standard InChI is InChI=1S/C7H6ClF2NO2S/c1-4-2-5(14(8,12)13)3-6(11-4)7(9)10/h2-3,7H,1H3. The third-order valence-corrected chi connectivity index (χ3v) is 2.79. The molecule has 0 aliphatic carbocycles. The molecule has 3 nitrogen and oxygen atoms in total. The fourth-order valence-corrected chi connectivity index (χ4v) is 1.75. The maximum atomic E-state index is 12.2. The van der Waals surface area contributed by atoms with Gasteiger partial charge in [0.15, 0.2) is 0 Å². The van der Waals surface area contributed by atoms with Gasteiger partial charge < -0.3 is 0 Å². The Morgan fingerprint density at radius 1 is 1.43 bits per heavy atom. The summed E-state index contributed by atoms with van der Waals surface area (Å²) in [5.41, 5.74) is -0.411. The molecule has 0 bridgehead atoms. The molecule has 1 aromatic heterocycles. The molecule has 14 heavy (non-hydrogen) atoms. The van der Waals surface area contributed by atoms with E-state index < -0.39 is 21.2 Å². The Kier molecular flexibility index (Phi) is 3.06. The molecule has 0 atom stereocenters. The van der Waals surface area contributed by atoms with Crippen LogP contribution < -0.4 is 0 Å². The van der Waals surface area contributed by atoms with Gasteiger partial charge in [-0.15, -0.1) is 0 Å². The molecule has 1 rings (SSSR count). The first-order chi connectivity index (χ1) is 6.30. The van der Waals surface area contributed by atoms with Crippen molar-refractivity contribution in [3.8, 4) is 0 Å². The lowest BCUT2D eigenvalue weighted by Crippen LogP contribution is -1.98. The first-order valence-corrected chi connectivity index (χ1v) is 5.83. The number of hydrogen-bond donors (Lipinski definition) is 0. The van der Waals surface area contributed by atoms with Crippen molar-refractivity contribution in [1.82, 2.24) is 4.98 Å². The SMILES string of the molecule is Cc1cc(S(=O)(=O)Cl)cc(C(F)F)n1. The van der Waals surface area contributed by atoms with E-state index in [2.05, 4.69) is 4.98 Å². The second-order valence-electron chi connectivity index (χ2n) is 2.61. The largest absolute Gasteiger partial charge is 0.280 e. The Morgan fingerprint density at radius 3 is 2.43 bits per heavy atom. The molecule has 0 spiro atoms. The van der Waals surface area contributed by atoms with Crippen LogP contribution in [0.1, 0.15) is 17.8 Å². The third-order valence-electron chi connectivity index (χ3n) is 1.45. The summed E-state index contributed by atoms with van der Waals surface area (Å²) in [4.78, 5) is 3.11. The number of halogens is 3. The van der Waals surface area contributed by atoms with Crippen LogP contribution in [0.2, 0.25) is 0 Å². The molecule has 0 saturated carbocycles. The zero-order valence-electron chi connectivity index (χ0n) is 7.04. The van der Waals surface area contributed by atoms with Crippen molar-refractivity contribution >= 4 is 19.7 Å². The van der Waals surface area contributed by atoms with E-state index in [4.69, 9.17) is 10.7 Å². The van der Waals surface area contributed by atoms with Crippen molar-refractivity contribution in [2.24, 2.45) is 0 Å². The predicted molar refractivity (Wildman–Crippen MR) is 47.0 cm³/mol. The number of aryl methyl sites for hydroxylation is 1. The van der Waals surface area contributed by atoms with Crippen LogP contribution in [0.5, 0.6) is 0 Å². The lowest BCUT2D eigenvalue weighted by atomic mass is 10.3. The molecule has 0 aromatic carbocycles. The second kappa shape index (κ2) is 3.78. The van der Waals surface area contributed by atoms with Crippen LogP contribution in [0.15, 0.2) is 17.0 Å². The van der Waals surface area contributed by atoms with Gasteiger partial charge in [0.2, 0.25) is 0 Å². The van der Waals surface area contributed by atoms with Crippen molar-refractivity contribution in [3.05, 3.63) is 23.5 Å². The molecular formula is C7H6ClF2NO2S. The quantitative estimate of drug-likeness (QED) is 0.746. The fraction of sp³-hybridized carbons (Fsp3) is 0.286. The predicted octanol–water partition coefficient (Wildman–Crippen LogP) is 2.26. The third kappa shape index (κ3) is 2.62. The summed E-state index contributed by atoms with van der Waals surface area (Å²) in [7, 11) is 1.02. The Morgan fingerprint density at radius 2 is 2.00 bits per heavy atom. The van der Waals surface area contributed by atoms with Gasteiger partial charge in [-0.25, -0.2) is 17.2 Å². The Labute approximate surface area is 84.1 Å². The highest BCUT2D eigenvalue weighted by atomic mass is 35.7. The highest BCUT2D eigenvalue weighted by Crippen LogP contribution is 2.22. The van der Waals surface area contributed by atoms with Gasteiger partial charge in [-0.1, -0.05) is 0 Å². The number of rotatable bonds is 2. The number of nitrogens with zero attached hydrogens (tertiary/aromatic N) is 1. The first kappa shape index (κ1) is 11.3. The van der Waals surface area contributed by atoms with E-state index in [-0.39, 0.29) is 10.6 Å². The average Bonchev–Trinajstić information content (AvgIpc) is 2.01. The highest BCUT2D eigenvalue weighted by molar-refractivity contribution is 8.13. The van der Waals surface area contributed by atoms with Crippen molar-refractivity contribution in [1.29, 1.82) is 0 Å².